The van der Waals surface area contributed by atoms with Crippen molar-refractivity contribution in [2.24, 2.45) is 11.7 Å². The average Bonchev–Trinajstić information content (AvgIpc) is 2.37. The van der Waals surface area contributed by atoms with E-state index in [-0.39, 0.29) is 17.9 Å². The summed E-state index contributed by atoms with van der Waals surface area (Å²) in [5, 5.41) is 0. The molecule has 1 fully saturated rings. The van der Waals surface area contributed by atoms with Gasteiger partial charge in [0.1, 0.15) is 0 Å². The van der Waals surface area contributed by atoms with Crippen LogP contribution in [-0.4, -0.2) is 54.5 Å². The molecule has 0 radical (unpaired) electrons. The molecule has 2 atom stereocenters. The molecule has 1 amide bonds. The SMILES string of the molecule is C#CCN1CCN(C(=O)[C@@H](N)[C@@H](C)CC)CC1. The monoisotopic (exact) mass is 237 g/mol. The van der Waals surface area contributed by atoms with E-state index in [9.17, 15) is 4.79 Å². The molecular formula is C13H23N3O. The topological polar surface area (TPSA) is 49.6 Å². The van der Waals surface area contributed by atoms with Crippen molar-refractivity contribution in [3.8, 4) is 12.3 Å². The Morgan fingerprint density at radius 3 is 2.47 bits per heavy atom. The van der Waals surface area contributed by atoms with Gasteiger partial charge >= 0.3 is 0 Å². The molecule has 4 heteroatoms. The summed E-state index contributed by atoms with van der Waals surface area (Å²) in [4.78, 5) is 16.1. The van der Waals surface area contributed by atoms with Gasteiger partial charge in [-0.05, 0) is 5.92 Å². The van der Waals surface area contributed by atoms with Gasteiger partial charge in [-0.2, -0.15) is 0 Å². The van der Waals surface area contributed by atoms with Crippen LogP contribution in [0.1, 0.15) is 20.3 Å². The van der Waals surface area contributed by atoms with E-state index in [1.807, 2.05) is 11.8 Å². The minimum atomic E-state index is -0.362. The van der Waals surface area contributed by atoms with Gasteiger partial charge in [-0.25, -0.2) is 0 Å². The lowest BCUT2D eigenvalue weighted by Gasteiger charge is -2.35. The first-order valence-corrected chi connectivity index (χ1v) is 6.30. The zero-order chi connectivity index (χ0) is 12.8. The van der Waals surface area contributed by atoms with Gasteiger partial charge in [-0.3, -0.25) is 9.69 Å². The molecule has 1 saturated heterocycles. The van der Waals surface area contributed by atoms with E-state index >= 15 is 0 Å². The molecule has 0 aromatic carbocycles. The molecule has 0 saturated carbocycles. The summed E-state index contributed by atoms with van der Waals surface area (Å²) in [7, 11) is 0. The lowest BCUT2D eigenvalue weighted by atomic mass is 9.98. The molecule has 17 heavy (non-hydrogen) atoms. The van der Waals surface area contributed by atoms with E-state index in [4.69, 9.17) is 12.2 Å². The maximum atomic E-state index is 12.1. The van der Waals surface area contributed by atoms with Gasteiger partial charge in [-0.15, -0.1) is 6.42 Å². The second-order valence-corrected chi connectivity index (χ2v) is 4.72. The van der Waals surface area contributed by atoms with E-state index in [1.165, 1.54) is 0 Å². The van der Waals surface area contributed by atoms with Gasteiger partial charge < -0.3 is 10.6 Å². The molecule has 0 aromatic heterocycles. The van der Waals surface area contributed by atoms with E-state index in [2.05, 4.69) is 17.7 Å². The van der Waals surface area contributed by atoms with E-state index < -0.39 is 0 Å². The van der Waals surface area contributed by atoms with Crippen molar-refractivity contribution in [2.75, 3.05) is 32.7 Å². The highest BCUT2D eigenvalue weighted by Gasteiger charge is 2.27. The van der Waals surface area contributed by atoms with Crippen LogP contribution in [-0.2, 0) is 4.79 Å². The molecule has 2 N–H and O–H groups in total. The van der Waals surface area contributed by atoms with Crippen molar-refractivity contribution in [3.63, 3.8) is 0 Å². The molecule has 0 aromatic rings. The number of carbonyl (C=O) groups excluding carboxylic acids is 1. The number of carbonyl (C=O) groups is 1. The van der Waals surface area contributed by atoms with Crippen LogP contribution >= 0.6 is 0 Å². The van der Waals surface area contributed by atoms with Crippen LogP contribution in [0.4, 0.5) is 0 Å². The Kier molecular flexibility index (Phi) is 5.46. The Morgan fingerprint density at radius 1 is 1.41 bits per heavy atom. The van der Waals surface area contributed by atoms with E-state index in [1.54, 1.807) is 0 Å². The summed E-state index contributed by atoms with van der Waals surface area (Å²) in [6.45, 7) is 7.93. The Balaban J connectivity index is 2.43. The number of nitrogens with two attached hydrogens (primary N) is 1. The van der Waals surface area contributed by atoms with Gasteiger partial charge in [0.05, 0.1) is 12.6 Å². The number of hydrogen-bond donors (Lipinski definition) is 1. The third-order valence-electron chi connectivity index (χ3n) is 3.54. The quantitative estimate of drug-likeness (QED) is 0.708. The average molecular weight is 237 g/mol. The van der Waals surface area contributed by atoms with Crippen LogP contribution in [0.15, 0.2) is 0 Å². The van der Waals surface area contributed by atoms with Crippen molar-refractivity contribution in [2.45, 2.75) is 26.3 Å². The molecule has 4 nitrogen and oxygen atoms in total. The molecule has 0 bridgehead atoms. The standard InChI is InChI=1S/C13H23N3O/c1-4-6-15-7-9-16(10-8-15)13(17)12(14)11(3)5-2/h1,11-12H,5-10,14H2,2-3H3/t11-,12-/m0/s1. The number of nitrogens with zero attached hydrogens (tertiary/aromatic N) is 2. The first-order chi connectivity index (χ1) is 8.10. The van der Waals surface area contributed by atoms with E-state index in [0.29, 0.717) is 6.54 Å². The number of terminal acetylenes is 1. The zero-order valence-corrected chi connectivity index (χ0v) is 10.9. The van der Waals surface area contributed by atoms with Crippen molar-refractivity contribution >= 4 is 5.91 Å². The molecule has 0 spiro atoms. The maximum Gasteiger partial charge on any atom is 0.239 e. The van der Waals surface area contributed by atoms with Gasteiger partial charge in [0.25, 0.3) is 0 Å². The minimum Gasteiger partial charge on any atom is -0.339 e. The highest BCUT2D eigenvalue weighted by Crippen LogP contribution is 2.10. The van der Waals surface area contributed by atoms with E-state index in [0.717, 1.165) is 32.6 Å². The minimum absolute atomic E-state index is 0.0831. The predicted octanol–water partition coefficient (Wildman–Crippen LogP) is 0.137. The molecule has 1 aliphatic heterocycles. The van der Waals surface area contributed by atoms with Gasteiger partial charge in [-0.1, -0.05) is 26.2 Å². The third kappa shape index (κ3) is 3.72. The summed E-state index contributed by atoms with van der Waals surface area (Å²) in [5.41, 5.74) is 5.96. The summed E-state index contributed by atoms with van der Waals surface area (Å²) in [6, 6.07) is -0.362. The Hall–Kier alpha value is -1.05. The number of amides is 1. The fourth-order valence-electron chi connectivity index (χ4n) is 1.96. The maximum absolute atomic E-state index is 12.1. The molecule has 0 aliphatic carbocycles. The molecule has 1 aliphatic rings. The molecule has 96 valence electrons. The first-order valence-electron chi connectivity index (χ1n) is 6.30. The Labute approximate surface area is 104 Å². The second-order valence-electron chi connectivity index (χ2n) is 4.72. The zero-order valence-electron chi connectivity index (χ0n) is 10.9. The molecule has 1 rings (SSSR count). The fraction of sp³-hybridized carbons (Fsp3) is 0.769. The molecular weight excluding hydrogens is 214 g/mol. The van der Waals surface area contributed by atoms with Crippen LogP contribution in [0.3, 0.4) is 0 Å². The van der Waals surface area contributed by atoms with Crippen molar-refractivity contribution < 1.29 is 4.79 Å². The highest BCUT2D eigenvalue weighted by atomic mass is 16.2. The van der Waals surface area contributed by atoms with Crippen LogP contribution in [0.2, 0.25) is 0 Å². The number of rotatable bonds is 4. The normalized spacial score (nSPS) is 20.7. The lowest BCUT2D eigenvalue weighted by Crippen LogP contribution is -2.54. The summed E-state index contributed by atoms with van der Waals surface area (Å²) in [6.07, 6.45) is 6.20. The highest BCUT2D eigenvalue weighted by molar-refractivity contribution is 5.82. The number of hydrogen-bond acceptors (Lipinski definition) is 3. The van der Waals surface area contributed by atoms with Crippen LogP contribution in [0.5, 0.6) is 0 Å². The van der Waals surface area contributed by atoms with Crippen LogP contribution < -0.4 is 5.73 Å². The smallest absolute Gasteiger partial charge is 0.239 e. The summed E-state index contributed by atoms with van der Waals surface area (Å²) in [5.74, 6) is 2.95. The van der Waals surface area contributed by atoms with Crippen molar-refractivity contribution in [3.05, 3.63) is 0 Å². The third-order valence-corrected chi connectivity index (χ3v) is 3.54. The Morgan fingerprint density at radius 2 is 2.00 bits per heavy atom. The largest absolute Gasteiger partial charge is 0.339 e. The summed E-state index contributed by atoms with van der Waals surface area (Å²) < 4.78 is 0. The molecule has 0 unspecified atom stereocenters. The first kappa shape index (κ1) is 14.0. The van der Waals surface area contributed by atoms with Gasteiger partial charge in [0, 0.05) is 26.2 Å². The van der Waals surface area contributed by atoms with Crippen LogP contribution in [0.25, 0.3) is 0 Å². The van der Waals surface area contributed by atoms with Crippen molar-refractivity contribution in [1.82, 2.24) is 9.80 Å². The lowest BCUT2D eigenvalue weighted by molar-refractivity contribution is -0.135. The predicted molar refractivity (Wildman–Crippen MR) is 69.3 cm³/mol. The molecule has 1 heterocycles. The number of piperazine rings is 1. The second kappa shape index (κ2) is 6.63. The van der Waals surface area contributed by atoms with Gasteiger partial charge in [0.15, 0.2) is 0 Å². The van der Waals surface area contributed by atoms with Gasteiger partial charge in [0.2, 0.25) is 5.91 Å². The Bertz CT molecular complexity index is 290. The van der Waals surface area contributed by atoms with Crippen LogP contribution in [0, 0.1) is 18.3 Å². The summed E-state index contributed by atoms with van der Waals surface area (Å²) >= 11 is 0. The fourth-order valence-corrected chi connectivity index (χ4v) is 1.96. The van der Waals surface area contributed by atoms with Crippen molar-refractivity contribution in [1.29, 1.82) is 0 Å².